The molecule has 0 spiro atoms. The van der Waals surface area contributed by atoms with Gasteiger partial charge in [0.15, 0.2) is 0 Å². The van der Waals surface area contributed by atoms with Crippen LogP contribution in [0.1, 0.15) is 54.9 Å². The minimum absolute atomic E-state index is 0.0845. The van der Waals surface area contributed by atoms with Crippen molar-refractivity contribution in [2.24, 2.45) is 5.92 Å². The fourth-order valence-corrected chi connectivity index (χ4v) is 6.29. The van der Waals surface area contributed by atoms with Crippen molar-refractivity contribution in [2.45, 2.75) is 52.4 Å². The van der Waals surface area contributed by atoms with Gasteiger partial charge in [-0.2, -0.15) is 0 Å². The van der Waals surface area contributed by atoms with Gasteiger partial charge in [0.2, 0.25) is 5.91 Å². The van der Waals surface area contributed by atoms with Crippen molar-refractivity contribution in [3.63, 3.8) is 0 Å². The molecule has 1 saturated heterocycles. The summed E-state index contributed by atoms with van der Waals surface area (Å²) in [5.41, 5.74) is 2.54. The molecule has 1 aromatic carbocycles. The highest BCUT2D eigenvalue weighted by molar-refractivity contribution is 7.19. The Morgan fingerprint density at radius 3 is 2.56 bits per heavy atom. The zero-order valence-electron chi connectivity index (χ0n) is 20.3. The van der Waals surface area contributed by atoms with E-state index in [4.69, 9.17) is 9.97 Å². The van der Waals surface area contributed by atoms with Crippen LogP contribution >= 0.6 is 11.3 Å². The molecular formula is C28H34N4OS. The first-order valence-corrected chi connectivity index (χ1v) is 13.5. The molecule has 2 aliphatic rings. The lowest BCUT2D eigenvalue weighted by molar-refractivity contribution is -0.126. The van der Waals surface area contributed by atoms with Crippen molar-refractivity contribution < 1.29 is 4.79 Å². The maximum atomic E-state index is 12.8. The summed E-state index contributed by atoms with van der Waals surface area (Å²) in [6.07, 6.45) is 10.6. The lowest BCUT2D eigenvalue weighted by atomic mass is 10.1. The van der Waals surface area contributed by atoms with Gasteiger partial charge in [-0.3, -0.25) is 4.79 Å². The Kier molecular flexibility index (Phi) is 6.95. The summed E-state index contributed by atoms with van der Waals surface area (Å²) in [7, 11) is 0. The molecule has 2 aromatic heterocycles. The van der Waals surface area contributed by atoms with Crippen LogP contribution < -0.4 is 4.90 Å². The number of hydrogen-bond donors (Lipinski definition) is 0. The van der Waals surface area contributed by atoms with Crippen LogP contribution in [0.2, 0.25) is 0 Å². The Balaban J connectivity index is 1.38. The van der Waals surface area contributed by atoms with E-state index in [9.17, 15) is 4.79 Å². The van der Waals surface area contributed by atoms with Gasteiger partial charge in [-0.15, -0.1) is 11.3 Å². The molecule has 0 atom stereocenters. The van der Waals surface area contributed by atoms with Crippen LogP contribution in [0.25, 0.3) is 16.3 Å². The number of amides is 1. The number of aromatic nitrogens is 2. The van der Waals surface area contributed by atoms with Crippen molar-refractivity contribution in [3.05, 3.63) is 58.2 Å². The molecule has 1 aliphatic heterocycles. The van der Waals surface area contributed by atoms with Gasteiger partial charge in [-0.1, -0.05) is 50.6 Å². The van der Waals surface area contributed by atoms with Crippen LogP contribution in [0.5, 0.6) is 0 Å². The Morgan fingerprint density at radius 2 is 1.79 bits per heavy atom. The molecule has 0 unspecified atom stereocenters. The minimum Gasteiger partial charge on any atom is -0.352 e. The molecule has 0 saturated carbocycles. The van der Waals surface area contributed by atoms with E-state index < -0.39 is 0 Å². The van der Waals surface area contributed by atoms with E-state index in [1.165, 1.54) is 41.5 Å². The zero-order valence-corrected chi connectivity index (χ0v) is 21.1. The summed E-state index contributed by atoms with van der Waals surface area (Å²) in [6.45, 7) is 7.50. The maximum Gasteiger partial charge on any atom is 0.246 e. The fourth-order valence-electron chi connectivity index (χ4n) is 5.02. The fraction of sp³-hybridized carbons (Fsp3) is 0.464. The predicted molar refractivity (Wildman–Crippen MR) is 141 cm³/mol. The average molecular weight is 475 g/mol. The number of thiophene rings is 1. The SMILES string of the molecule is CC(C)Cc1nc(N2CCN(C(=O)C=Cc3ccccc3)CC2)c2c3c(sc2n1)CCCCC3. The van der Waals surface area contributed by atoms with E-state index in [1.807, 2.05) is 52.6 Å². The normalized spacial score (nSPS) is 16.9. The van der Waals surface area contributed by atoms with E-state index in [0.29, 0.717) is 5.92 Å². The Hall–Kier alpha value is -2.73. The predicted octanol–water partition coefficient (Wildman–Crippen LogP) is 5.52. The highest BCUT2D eigenvalue weighted by Gasteiger charge is 2.26. The number of benzene rings is 1. The van der Waals surface area contributed by atoms with Crippen molar-refractivity contribution in [1.82, 2.24) is 14.9 Å². The molecule has 178 valence electrons. The molecule has 3 heterocycles. The second-order valence-corrected chi connectivity index (χ2v) is 10.9. The van der Waals surface area contributed by atoms with Gasteiger partial charge in [-0.25, -0.2) is 9.97 Å². The van der Waals surface area contributed by atoms with Crippen LogP contribution in [-0.4, -0.2) is 47.0 Å². The first-order chi connectivity index (χ1) is 16.6. The third-order valence-corrected chi connectivity index (χ3v) is 7.98. The average Bonchev–Trinajstić information content (AvgIpc) is 3.03. The molecule has 0 bridgehead atoms. The Bertz CT molecular complexity index is 1180. The molecule has 0 N–H and O–H groups in total. The van der Waals surface area contributed by atoms with Crippen LogP contribution in [0.15, 0.2) is 36.4 Å². The number of piperazine rings is 1. The van der Waals surface area contributed by atoms with Gasteiger partial charge in [0.05, 0.1) is 5.39 Å². The lowest BCUT2D eigenvalue weighted by Gasteiger charge is -2.35. The van der Waals surface area contributed by atoms with Crippen molar-refractivity contribution in [1.29, 1.82) is 0 Å². The van der Waals surface area contributed by atoms with E-state index >= 15 is 0 Å². The van der Waals surface area contributed by atoms with Gasteiger partial charge in [-0.05, 0) is 48.8 Å². The van der Waals surface area contributed by atoms with Crippen molar-refractivity contribution >= 4 is 39.4 Å². The van der Waals surface area contributed by atoms with Gasteiger partial charge < -0.3 is 9.80 Å². The maximum absolute atomic E-state index is 12.8. The number of aryl methyl sites for hydroxylation is 2. The molecule has 1 amide bonds. The second kappa shape index (κ2) is 10.3. The van der Waals surface area contributed by atoms with Crippen LogP contribution in [0.3, 0.4) is 0 Å². The number of hydrogen-bond acceptors (Lipinski definition) is 5. The quantitative estimate of drug-likeness (QED) is 0.361. The number of fused-ring (bicyclic) bond motifs is 3. The van der Waals surface area contributed by atoms with Crippen molar-refractivity contribution in [3.8, 4) is 0 Å². The number of carbonyl (C=O) groups excluding carboxylic acids is 1. The number of anilines is 1. The molecule has 1 fully saturated rings. The molecule has 5 rings (SSSR count). The molecular weight excluding hydrogens is 440 g/mol. The smallest absolute Gasteiger partial charge is 0.246 e. The van der Waals surface area contributed by atoms with E-state index in [1.54, 1.807) is 6.08 Å². The summed E-state index contributed by atoms with van der Waals surface area (Å²) in [6, 6.07) is 10.00. The highest BCUT2D eigenvalue weighted by Crippen LogP contribution is 2.39. The zero-order chi connectivity index (χ0) is 23.5. The summed E-state index contributed by atoms with van der Waals surface area (Å²) < 4.78 is 0. The van der Waals surface area contributed by atoms with Gasteiger partial charge in [0.1, 0.15) is 16.5 Å². The van der Waals surface area contributed by atoms with E-state index in [2.05, 4.69) is 18.7 Å². The lowest BCUT2D eigenvalue weighted by Crippen LogP contribution is -2.48. The Morgan fingerprint density at radius 1 is 1.03 bits per heavy atom. The third-order valence-electron chi connectivity index (χ3n) is 6.79. The third kappa shape index (κ3) is 5.02. The number of nitrogens with zero attached hydrogens (tertiary/aromatic N) is 4. The second-order valence-electron chi connectivity index (χ2n) is 9.86. The Labute approximate surface area is 206 Å². The van der Waals surface area contributed by atoms with Crippen LogP contribution in [-0.2, 0) is 24.1 Å². The molecule has 34 heavy (non-hydrogen) atoms. The summed E-state index contributed by atoms with van der Waals surface area (Å²) >= 11 is 1.89. The van der Waals surface area contributed by atoms with E-state index in [0.717, 1.165) is 61.1 Å². The molecule has 1 aliphatic carbocycles. The van der Waals surface area contributed by atoms with E-state index in [-0.39, 0.29) is 5.91 Å². The summed E-state index contributed by atoms with van der Waals surface area (Å²) in [5.74, 6) is 2.67. The molecule has 6 heteroatoms. The molecule has 3 aromatic rings. The largest absolute Gasteiger partial charge is 0.352 e. The highest BCUT2D eigenvalue weighted by atomic mass is 32.1. The van der Waals surface area contributed by atoms with Crippen LogP contribution in [0.4, 0.5) is 5.82 Å². The number of carbonyl (C=O) groups is 1. The topological polar surface area (TPSA) is 49.3 Å². The monoisotopic (exact) mass is 474 g/mol. The van der Waals surface area contributed by atoms with Gasteiger partial charge >= 0.3 is 0 Å². The van der Waals surface area contributed by atoms with Crippen LogP contribution in [0, 0.1) is 5.92 Å². The molecule has 0 radical (unpaired) electrons. The number of rotatable bonds is 5. The van der Waals surface area contributed by atoms with Gasteiger partial charge in [0, 0.05) is 43.6 Å². The molecule has 5 nitrogen and oxygen atoms in total. The summed E-state index contributed by atoms with van der Waals surface area (Å²) in [4.78, 5) is 30.0. The summed E-state index contributed by atoms with van der Waals surface area (Å²) in [5, 5.41) is 1.29. The first-order valence-electron chi connectivity index (χ1n) is 12.7. The minimum atomic E-state index is 0.0845. The first kappa shape index (κ1) is 23.0. The van der Waals surface area contributed by atoms with Gasteiger partial charge in [0.25, 0.3) is 0 Å². The standard InChI is InChI=1S/C28H34N4OS/c1-20(2)19-24-29-27(26-22-11-7-4-8-12-23(22)34-28(26)30-24)32-17-15-31(16-18-32)25(33)14-13-21-9-5-3-6-10-21/h3,5-6,9-10,13-14,20H,4,7-8,11-12,15-19H2,1-2H3. The van der Waals surface area contributed by atoms with Crippen molar-refractivity contribution in [2.75, 3.05) is 31.1 Å².